The molecule has 0 aromatic rings. The average molecular weight is 387 g/mol. The lowest BCUT2D eigenvalue weighted by molar-refractivity contribution is -0.769. The molecule has 2 aliphatic rings. The van der Waals surface area contributed by atoms with Crippen LogP contribution in [-0.2, 0) is 19.2 Å². The lowest BCUT2D eigenvalue weighted by Crippen LogP contribution is -2.46. The van der Waals surface area contributed by atoms with Crippen molar-refractivity contribution < 1.29 is 34.5 Å². The van der Waals surface area contributed by atoms with Crippen molar-refractivity contribution in [2.75, 3.05) is 33.2 Å². The van der Waals surface area contributed by atoms with Gasteiger partial charge in [-0.1, -0.05) is 0 Å². The Balaban J connectivity index is 0.000000387. The number of hydrogen-bond donors (Lipinski definition) is 2. The second-order valence-electron chi connectivity index (χ2n) is 6.44. The highest BCUT2D eigenvalue weighted by Crippen LogP contribution is 2.22. The van der Waals surface area contributed by atoms with Crippen LogP contribution in [-0.4, -0.2) is 82.3 Å². The van der Waals surface area contributed by atoms with E-state index in [0.717, 1.165) is 25.9 Å². The normalized spacial score (nSPS) is 19.2. The molecule has 2 N–H and O–H groups in total. The molecule has 1 amide bonds. The highest BCUT2D eigenvalue weighted by molar-refractivity contribution is 5.89. The highest BCUT2D eigenvalue weighted by Gasteiger charge is 2.30. The molecule has 2 saturated heterocycles. The highest BCUT2D eigenvalue weighted by atomic mass is 17.0. The predicted octanol–water partition coefficient (Wildman–Crippen LogP) is 0.239. The Labute approximate surface area is 156 Å². The van der Waals surface area contributed by atoms with Gasteiger partial charge in [-0.2, -0.15) is 0 Å². The third-order valence-corrected chi connectivity index (χ3v) is 4.43. The first-order valence-electron chi connectivity index (χ1n) is 8.61. The quantitative estimate of drug-likeness (QED) is 0.384. The summed E-state index contributed by atoms with van der Waals surface area (Å²) in [6, 6.07) is 0. The Bertz CT molecular complexity index is 548. The van der Waals surface area contributed by atoms with E-state index in [0.29, 0.717) is 38.1 Å². The van der Waals surface area contributed by atoms with E-state index in [2.05, 4.69) is 16.8 Å². The number of likely N-dealkylation sites (tertiary alicyclic amines) is 2. The third-order valence-electron chi connectivity index (χ3n) is 4.43. The standard InChI is InChI=1S/C12H21N3O4.C4H4O4/c1-13-6-2-10(3-7-13)12(16)14-8-4-11(5-9-14)19-15(17)18;5-3(6)1-2-4(7)8/h10-11H,2-9H2,1H3;1-2H,(H,5,6)(H,7,8)/b;2-1+. The van der Waals surface area contributed by atoms with Crippen LogP contribution in [0.3, 0.4) is 0 Å². The van der Waals surface area contributed by atoms with Gasteiger partial charge in [-0.3, -0.25) is 4.79 Å². The van der Waals surface area contributed by atoms with Gasteiger partial charge in [-0.25, -0.2) is 9.59 Å². The maximum Gasteiger partial charge on any atom is 0.328 e. The zero-order valence-electron chi connectivity index (χ0n) is 15.2. The van der Waals surface area contributed by atoms with Gasteiger partial charge in [0.25, 0.3) is 5.09 Å². The molecule has 0 aromatic heterocycles. The molecule has 2 aliphatic heterocycles. The van der Waals surface area contributed by atoms with E-state index in [9.17, 15) is 24.5 Å². The van der Waals surface area contributed by atoms with Gasteiger partial charge in [-0.15, -0.1) is 10.1 Å². The van der Waals surface area contributed by atoms with Crippen LogP contribution in [0.5, 0.6) is 0 Å². The van der Waals surface area contributed by atoms with Crippen molar-refractivity contribution >= 4 is 17.8 Å². The first-order valence-corrected chi connectivity index (χ1v) is 8.61. The summed E-state index contributed by atoms with van der Waals surface area (Å²) in [5, 5.41) is 25.1. The molecule has 0 unspecified atom stereocenters. The van der Waals surface area contributed by atoms with Crippen LogP contribution in [0.2, 0.25) is 0 Å². The van der Waals surface area contributed by atoms with Crippen molar-refractivity contribution in [3.63, 3.8) is 0 Å². The SMILES string of the molecule is CN1CCC(C(=O)N2CCC(O[N+](=O)[O-])CC2)CC1.O=C(O)/C=C/C(=O)O. The van der Waals surface area contributed by atoms with Crippen LogP contribution in [0.15, 0.2) is 12.2 Å². The topological polar surface area (TPSA) is 151 Å². The Kier molecular flexibility index (Phi) is 9.20. The van der Waals surface area contributed by atoms with Gasteiger partial charge in [0.05, 0.1) is 0 Å². The number of amides is 1. The molecule has 0 radical (unpaired) electrons. The van der Waals surface area contributed by atoms with E-state index < -0.39 is 17.0 Å². The molecule has 0 atom stereocenters. The summed E-state index contributed by atoms with van der Waals surface area (Å²) in [6.07, 6.45) is 3.71. The molecule has 152 valence electrons. The van der Waals surface area contributed by atoms with Crippen LogP contribution in [0.1, 0.15) is 25.7 Å². The zero-order valence-corrected chi connectivity index (χ0v) is 15.2. The van der Waals surface area contributed by atoms with E-state index >= 15 is 0 Å². The maximum atomic E-state index is 12.3. The van der Waals surface area contributed by atoms with E-state index in [4.69, 9.17) is 10.2 Å². The fourth-order valence-corrected chi connectivity index (χ4v) is 2.96. The van der Waals surface area contributed by atoms with Crippen molar-refractivity contribution in [2.45, 2.75) is 31.8 Å². The van der Waals surface area contributed by atoms with Crippen molar-refractivity contribution in [2.24, 2.45) is 5.92 Å². The van der Waals surface area contributed by atoms with Crippen LogP contribution < -0.4 is 0 Å². The van der Waals surface area contributed by atoms with Gasteiger partial charge in [0.15, 0.2) is 0 Å². The summed E-state index contributed by atoms with van der Waals surface area (Å²) < 4.78 is 0. The van der Waals surface area contributed by atoms with Crippen LogP contribution in [0, 0.1) is 16.0 Å². The Morgan fingerprint density at radius 2 is 1.48 bits per heavy atom. The second kappa shape index (κ2) is 11.1. The molecule has 11 nitrogen and oxygen atoms in total. The number of aliphatic carboxylic acids is 2. The van der Waals surface area contributed by atoms with E-state index in [1.807, 2.05) is 4.90 Å². The number of nitrogens with zero attached hydrogens (tertiary/aromatic N) is 3. The van der Waals surface area contributed by atoms with E-state index in [1.54, 1.807) is 0 Å². The molecule has 0 spiro atoms. The Morgan fingerprint density at radius 3 is 1.89 bits per heavy atom. The second-order valence-corrected chi connectivity index (χ2v) is 6.44. The first kappa shape index (κ1) is 22.4. The number of hydrogen-bond acceptors (Lipinski definition) is 7. The molecule has 27 heavy (non-hydrogen) atoms. The largest absolute Gasteiger partial charge is 0.478 e. The third kappa shape index (κ3) is 8.99. The Morgan fingerprint density at radius 1 is 1.00 bits per heavy atom. The van der Waals surface area contributed by atoms with Gasteiger partial charge < -0.3 is 24.9 Å². The van der Waals surface area contributed by atoms with Gasteiger partial charge in [-0.05, 0) is 45.8 Å². The minimum Gasteiger partial charge on any atom is -0.478 e. The lowest BCUT2D eigenvalue weighted by atomic mass is 9.94. The number of carboxylic acids is 2. The number of rotatable bonds is 5. The molecule has 0 bridgehead atoms. The zero-order chi connectivity index (χ0) is 20.4. The molecule has 0 aliphatic carbocycles. The van der Waals surface area contributed by atoms with Gasteiger partial charge in [0, 0.05) is 31.2 Å². The summed E-state index contributed by atoms with van der Waals surface area (Å²) in [5.74, 6) is -2.17. The smallest absolute Gasteiger partial charge is 0.328 e. The van der Waals surface area contributed by atoms with Crippen molar-refractivity contribution in [1.29, 1.82) is 0 Å². The summed E-state index contributed by atoms with van der Waals surface area (Å²) in [5.41, 5.74) is 0. The summed E-state index contributed by atoms with van der Waals surface area (Å²) in [4.78, 5) is 50.3. The minimum atomic E-state index is -1.26. The average Bonchev–Trinajstić information content (AvgIpc) is 2.61. The van der Waals surface area contributed by atoms with Gasteiger partial charge >= 0.3 is 11.9 Å². The molecule has 2 fully saturated rings. The lowest BCUT2D eigenvalue weighted by Gasteiger charge is -2.35. The van der Waals surface area contributed by atoms with E-state index in [1.165, 1.54) is 0 Å². The van der Waals surface area contributed by atoms with Crippen LogP contribution >= 0.6 is 0 Å². The summed E-state index contributed by atoms with van der Waals surface area (Å²) >= 11 is 0. The number of carbonyl (C=O) groups excluding carboxylic acids is 1. The van der Waals surface area contributed by atoms with Gasteiger partial charge in [0.2, 0.25) is 5.91 Å². The fourth-order valence-electron chi connectivity index (χ4n) is 2.96. The maximum absolute atomic E-state index is 12.3. The van der Waals surface area contributed by atoms with Gasteiger partial charge in [0.1, 0.15) is 6.10 Å². The van der Waals surface area contributed by atoms with Crippen molar-refractivity contribution in [3.05, 3.63) is 22.3 Å². The number of carboxylic acid groups (broad SMARTS) is 2. The number of piperidine rings is 2. The van der Waals surface area contributed by atoms with Crippen LogP contribution in [0.25, 0.3) is 0 Å². The summed E-state index contributed by atoms with van der Waals surface area (Å²) in [7, 11) is 2.07. The molecule has 2 rings (SSSR count). The molecular formula is C16H25N3O8. The number of carbonyl (C=O) groups is 3. The van der Waals surface area contributed by atoms with Crippen molar-refractivity contribution in [1.82, 2.24) is 9.80 Å². The molecule has 2 heterocycles. The molecule has 0 saturated carbocycles. The molecule has 11 heteroatoms. The van der Waals surface area contributed by atoms with Crippen LogP contribution in [0.4, 0.5) is 0 Å². The monoisotopic (exact) mass is 387 g/mol. The Hall–Kier alpha value is -2.69. The first-order chi connectivity index (χ1) is 12.7. The predicted molar refractivity (Wildman–Crippen MR) is 92.3 cm³/mol. The minimum absolute atomic E-state index is 0.129. The summed E-state index contributed by atoms with van der Waals surface area (Å²) in [6.45, 7) is 3.09. The van der Waals surface area contributed by atoms with E-state index in [-0.39, 0.29) is 17.9 Å². The molecular weight excluding hydrogens is 362 g/mol. The fraction of sp³-hybridized carbons (Fsp3) is 0.688. The molecule has 0 aromatic carbocycles. The van der Waals surface area contributed by atoms with Crippen molar-refractivity contribution in [3.8, 4) is 0 Å².